The number of hydrazone groups is 1. The second-order valence-corrected chi connectivity index (χ2v) is 11.4. The molecule has 0 atom stereocenters. The molecule has 0 spiro atoms. The van der Waals surface area contributed by atoms with Crippen LogP contribution in [-0.4, -0.2) is 20.5 Å². The summed E-state index contributed by atoms with van der Waals surface area (Å²) in [6, 6.07) is 27.6. The van der Waals surface area contributed by atoms with E-state index in [1.807, 2.05) is 31.2 Å². The molecule has 6 nitrogen and oxygen atoms in total. The van der Waals surface area contributed by atoms with E-state index in [2.05, 4.69) is 26.5 Å². The van der Waals surface area contributed by atoms with Crippen molar-refractivity contribution in [2.75, 3.05) is 4.31 Å². The first kappa shape index (κ1) is 26.6. The van der Waals surface area contributed by atoms with E-state index in [1.54, 1.807) is 79.0 Å². The van der Waals surface area contributed by atoms with E-state index in [4.69, 9.17) is 11.6 Å². The number of sulfonamides is 1. The van der Waals surface area contributed by atoms with Crippen LogP contribution in [-0.2, 0) is 16.6 Å². The maximum atomic E-state index is 13.6. The van der Waals surface area contributed by atoms with Crippen LogP contribution in [0.4, 0.5) is 5.69 Å². The molecular weight excluding hydrogens is 574 g/mol. The average Bonchev–Trinajstić information content (AvgIpc) is 2.90. The Hall–Kier alpha value is -3.46. The molecule has 0 aliphatic carbocycles. The van der Waals surface area contributed by atoms with Crippen LogP contribution >= 0.6 is 27.5 Å². The van der Waals surface area contributed by atoms with Gasteiger partial charge in [0.25, 0.3) is 15.9 Å². The van der Waals surface area contributed by atoms with E-state index >= 15 is 0 Å². The van der Waals surface area contributed by atoms with Crippen molar-refractivity contribution in [3.63, 3.8) is 0 Å². The van der Waals surface area contributed by atoms with Gasteiger partial charge in [-0.2, -0.15) is 5.10 Å². The molecule has 0 unspecified atom stereocenters. The van der Waals surface area contributed by atoms with Gasteiger partial charge in [-0.1, -0.05) is 76.1 Å². The van der Waals surface area contributed by atoms with Gasteiger partial charge in [0.15, 0.2) is 0 Å². The van der Waals surface area contributed by atoms with Gasteiger partial charge >= 0.3 is 0 Å². The molecule has 0 aliphatic rings. The second kappa shape index (κ2) is 11.7. The molecule has 0 aromatic heterocycles. The number of benzene rings is 4. The molecule has 0 heterocycles. The number of nitrogens with zero attached hydrogens (tertiary/aromatic N) is 2. The Balaban J connectivity index is 1.55. The lowest BCUT2D eigenvalue weighted by atomic mass is 10.1. The quantitative estimate of drug-likeness (QED) is 0.185. The minimum Gasteiger partial charge on any atom is -0.267 e. The Labute approximate surface area is 229 Å². The lowest BCUT2D eigenvalue weighted by Crippen LogP contribution is -2.31. The Morgan fingerprint density at radius 3 is 2.32 bits per heavy atom. The SMILES string of the molecule is Cc1ccc(Cl)cc1N(Cc1ccc(C(=O)N/N=C\c2ccc(Br)cc2)cc1)S(=O)(=O)c1ccccc1. The van der Waals surface area contributed by atoms with Gasteiger partial charge in [-0.05, 0) is 72.1 Å². The number of carbonyl (C=O) groups is 1. The van der Waals surface area contributed by atoms with Crippen molar-refractivity contribution in [3.8, 4) is 0 Å². The van der Waals surface area contributed by atoms with Crippen LogP contribution in [0.3, 0.4) is 0 Å². The van der Waals surface area contributed by atoms with Crippen LogP contribution in [0.15, 0.2) is 112 Å². The fraction of sp³-hybridized carbons (Fsp3) is 0.0714. The maximum Gasteiger partial charge on any atom is 0.271 e. The third-order valence-corrected chi connectivity index (χ3v) is 8.10. The lowest BCUT2D eigenvalue weighted by molar-refractivity contribution is 0.0955. The summed E-state index contributed by atoms with van der Waals surface area (Å²) in [7, 11) is -3.89. The third-order valence-electron chi connectivity index (χ3n) is 5.56. The highest BCUT2D eigenvalue weighted by Crippen LogP contribution is 2.31. The highest BCUT2D eigenvalue weighted by molar-refractivity contribution is 9.10. The van der Waals surface area contributed by atoms with Crippen LogP contribution in [0.5, 0.6) is 0 Å². The molecule has 1 N–H and O–H groups in total. The van der Waals surface area contributed by atoms with Crippen molar-refractivity contribution in [1.82, 2.24) is 5.43 Å². The summed E-state index contributed by atoms with van der Waals surface area (Å²) < 4.78 is 29.5. The number of amides is 1. The smallest absolute Gasteiger partial charge is 0.267 e. The first-order valence-electron chi connectivity index (χ1n) is 11.3. The Morgan fingerprint density at radius 1 is 0.973 bits per heavy atom. The van der Waals surface area contributed by atoms with E-state index < -0.39 is 10.0 Å². The Bertz CT molecular complexity index is 1530. The van der Waals surface area contributed by atoms with E-state index in [0.29, 0.717) is 21.8 Å². The fourth-order valence-electron chi connectivity index (χ4n) is 3.58. The van der Waals surface area contributed by atoms with Crippen molar-refractivity contribution in [2.24, 2.45) is 5.10 Å². The van der Waals surface area contributed by atoms with Gasteiger partial charge in [-0.25, -0.2) is 13.8 Å². The van der Waals surface area contributed by atoms with Gasteiger partial charge in [-0.15, -0.1) is 0 Å². The first-order valence-corrected chi connectivity index (χ1v) is 13.9. The van der Waals surface area contributed by atoms with E-state index in [-0.39, 0.29) is 17.3 Å². The predicted octanol–water partition coefficient (Wildman–Crippen LogP) is 6.57. The summed E-state index contributed by atoms with van der Waals surface area (Å²) in [5, 5.41) is 4.44. The number of carbonyl (C=O) groups excluding carboxylic acids is 1. The van der Waals surface area contributed by atoms with Crippen molar-refractivity contribution in [1.29, 1.82) is 0 Å². The van der Waals surface area contributed by atoms with Crippen molar-refractivity contribution < 1.29 is 13.2 Å². The van der Waals surface area contributed by atoms with Gasteiger partial charge in [-0.3, -0.25) is 9.10 Å². The zero-order chi connectivity index (χ0) is 26.4. The summed E-state index contributed by atoms with van der Waals surface area (Å²) in [4.78, 5) is 12.7. The molecule has 0 fully saturated rings. The molecule has 0 bridgehead atoms. The normalized spacial score (nSPS) is 11.4. The minimum atomic E-state index is -3.89. The van der Waals surface area contributed by atoms with Crippen LogP contribution in [0, 0.1) is 6.92 Å². The maximum absolute atomic E-state index is 13.6. The molecule has 188 valence electrons. The topological polar surface area (TPSA) is 78.8 Å². The Kier molecular flexibility index (Phi) is 8.43. The minimum absolute atomic E-state index is 0.0576. The number of aryl methyl sites for hydroxylation is 1. The number of anilines is 1. The highest BCUT2D eigenvalue weighted by atomic mass is 79.9. The molecular formula is C28H23BrClN3O3S. The third kappa shape index (κ3) is 6.65. The number of rotatable bonds is 8. The number of nitrogens with one attached hydrogen (secondary N) is 1. The molecule has 0 saturated heterocycles. The van der Waals surface area contributed by atoms with Crippen molar-refractivity contribution in [3.05, 3.63) is 129 Å². The van der Waals surface area contributed by atoms with Gasteiger partial charge in [0.1, 0.15) is 0 Å². The zero-order valence-corrected chi connectivity index (χ0v) is 23.0. The molecule has 4 rings (SSSR count). The molecule has 1 amide bonds. The molecule has 9 heteroatoms. The summed E-state index contributed by atoms with van der Waals surface area (Å²) in [6.07, 6.45) is 1.55. The summed E-state index contributed by atoms with van der Waals surface area (Å²) >= 11 is 9.60. The largest absolute Gasteiger partial charge is 0.271 e. The number of hydrogen-bond donors (Lipinski definition) is 1. The number of hydrogen-bond acceptors (Lipinski definition) is 4. The van der Waals surface area contributed by atoms with Crippen LogP contribution in [0.1, 0.15) is 27.0 Å². The van der Waals surface area contributed by atoms with Crippen molar-refractivity contribution in [2.45, 2.75) is 18.4 Å². The zero-order valence-electron chi connectivity index (χ0n) is 19.8. The monoisotopic (exact) mass is 595 g/mol. The van der Waals surface area contributed by atoms with E-state index in [0.717, 1.165) is 15.6 Å². The highest BCUT2D eigenvalue weighted by Gasteiger charge is 2.26. The van der Waals surface area contributed by atoms with Crippen LogP contribution < -0.4 is 9.73 Å². The van der Waals surface area contributed by atoms with E-state index in [1.165, 1.54) is 4.31 Å². The molecule has 0 saturated carbocycles. The molecule has 4 aromatic rings. The summed E-state index contributed by atoms with van der Waals surface area (Å²) in [5.74, 6) is -0.376. The predicted molar refractivity (Wildman–Crippen MR) is 152 cm³/mol. The van der Waals surface area contributed by atoms with Gasteiger partial charge in [0, 0.05) is 15.1 Å². The number of halogens is 2. The summed E-state index contributed by atoms with van der Waals surface area (Å²) in [6.45, 7) is 1.89. The van der Waals surface area contributed by atoms with Crippen LogP contribution in [0.25, 0.3) is 0 Å². The molecule has 37 heavy (non-hydrogen) atoms. The average molecular weight is 597 g/mol. The molecule has 0 aliphatic heterocycles. The Morgan fingerprint density at radius 2 is 1.65 bits per heavy atom. The molecule has 0 radical (unpaired) electrons. The van der Waals surface area contributed by atoms with Gasteiger partial charge in [0.2, 0.25) is 0 Å². The molecule has 4 aromatic carbocycles. The van der Waals surface area contributed by atoms with Crippen molar-refractivity contribution >= 4 is 55.4 Å². The second-order valence-electron chi connectivity index (χ2n) is 8.20. The van der Waals surface area contributed by atoms with Gasteiger partial charge in [0.05, 0.1) is 23.3 Å². The van der Waals surface area contributed by atoms with Gasteiger partial charge < -0.3 is 0 Å². The standard InChI is InChI=1S/C28H23BrClN3O3S/c1-20-7-16-25(30)17-27(20)33(37(35,36)26-5-3-2-4-6-26)19-22-8-12-23(13-9-22)28(34)32-31-18-21-10-14-24(29)15-11-21/h2-18H,19H2,1H3,(H,32,34)/b31-18-. The summed E-state index contributed by atoms with van der Waals surface area (Å²) in [5.41, 5.74) is 5.70. The van der Waals surface area contributed by atoms with Crippen LogP contribution in [0.2, 0.25) is 5.02 Å². The first-order chi connectivity index (χ1) is 17.7. The lowest BCUT2D eigenvalue weighted by Gasteiger charge is -2.26. The van der Waals surface area contributed by atoms with E-state index in [9.17, 15) is 13.2 Å². The fourth-order valence-corrected chi connectivity index (χ4v) is 5.54.